The molecule has 0 bridgehead atoms. The molecule has 0 saturated carbocycles. The molecular formula is CH3B10. The minimum absolute atomic E-state index is 1.50. The van der Waals surface area contributed by atoms with Gasteiger partial charge in [0.1, 0.15) is 0 Å². The van der Waals surface area contributed by atoms with Crippen molar-refractivity contribution in [1.82, 2.24) is 0 Å². The first-order valence-electron chi connectivity index (χ1n) is 3.58. The molecule has 0 aliphatic carbocycles. The summed E-state index contributed by atoms with van der Waals surface area (Å²) in [6.45, 7) is 18.9. The van der Waals surface area contributed by atoms with Gasteiger partial charge in [-0.3, -0.25) is 0 Å². The van der Waals surface area contributed by atoms with Crippen molar-refractivity contribution in [3.8, 4) is 0 Å². The Morgan fingerprint density at radius 2 is 1.18 bits per heavy atom. The fraction of sp³-hybridized carbons (Fsp3) is 1.00. The maximum absolute atomic E-state index is 5.12. The van der Waals surface area contributed by atoms with Gasteiger partial charge in [-0.05, 0) is 0 Å². The zero-order valence-corrected chi connectivity index (χ0v) is 6.77. The summed E-state index contributed by atoms with van der Waals surface area (Å²) in [6, 6.07) is 0. The Balaban J connectivity index is 3.59. The number of hydrogen-bond acceptors (Lipinski definition) is 0. The summed E-state index contributed by atoms with van der Waals surface area (Å²) in [5, 5.41) is 0. The molecule has 0 aliphatic heterocycles. The van der Waals surface area contributed by atoms with Gasteiger partial charge in [-0.1, -0.05) is 0 Å². The molecule has 0 aromatic heterocycles. The Bertz CT molecular complexity index is 195. The van der Waals surface area contributed by atoms with Crippen LogP contribution in [-0.4, -0.2) is 67.7 Å². The molecule has 0 spiro atoms. The van der Waals surface area contributed by atoms with Crippen LogP contribution in [0.3, 0.4) is 0 Å². The molecule has 10 heteroatoms. The van der Waals surface area contributed by atoms with E-state index in [0.717, 1.165) is 0 Å². The van der Waals surface area contributed by atoms with Gasteiger partial charge in [0.2, 0.25) is 0 Å². The topological polar surface area (TPSA) is 0 Å². The molecule has 0 unspecified atom stereocenters. The van der Waals surface area contributed by atoms with E-state index in [1.807, 2.05) is 53.8 Å². The fourth-order valence-corrected chi connectivity index (χ4v) is 0.496. The summed E-state index contributed by atoms with van der Waals surface area (Å²) in [5.74, 6) is 0. The fourth-order valence-electron chi connectivity index (χ4n) is 0.496. The molecule has 1 radical (unpaired) electrons. The summed E-state index contributed by atoms with van der Waals surface area (Å²) in [6.07, 6.45) is 0. The Morgan fingerprint density at radius 1 is 0.727 bits per heavy atom. The maximum atomic E-state index is 5.12. The first kappa shape index (κ1) is 11.6. The Labute approximate surface area is 74.9 Å². The van der Waals surface area contributed by atoms with Crippen LogP contribution >= 0.6 is 0 Å². The van der Waals surface area contributed by atoms with Crippen LogP contribution in [0, 0.1) is 0 Å². The number of hydrogen-bond donors (Lipinski definition) is 0. The van der Waals surface area contributed by atoms with Crippen LogP contribution in [-0.2, 0) is 0 Å². The van der Waals surface area contributed by atoms with Gasteiger partial charge in [0.15, 0.2) is 0 Å². The van der Waals surface area contributed by atoms with Gasteiger partial charge >= 0.3 is 74.5 Å². The van der Waals surface area contributed by atoms with E-state index in [9.17, 15) is 0 Å². The van der Waals surface area contributed by atoms with E-state index in [2.05, 4.69) is 0 Å². The van der Waals surface area contributed by atoms with E-state index in [4.69, 9.17) is 7.37 Å². The van der Waals surface area contributed by atoms with E-state index in [-0.39, 0.29) is 0 Å². The molecule has 0 aromatic carbocycles. The SMILES string of the molecule is [B]=BB=BB=BB=BB=BC. The molecular weight excluding hydrogens is 120 g/mol. The molecule has 0 amide bonds. The van der Waals surface area contributed by atoms with Gasteiger partial charge in [0.25, 0.3) is 0 Å². The zero-order chi connectivity index (χ0) is 8.36. The molecule has 0 atom stereocenters. The average molecular weight is 123 g/mol. The van der Waals surface area contributed by atoms with Gasteiger partial charge in [-0.25, -0.2) is 0 Å². The van der Waals surface area contributed by atoms with E-state index in [1.54, 1.807) is 6.69 Å². The second kappa shape index (κ2) is 10.6. The molecule has 0 heterocycles. The third-order valence-corrected chi connectivity index (χ3v) is 0.970. The molecule has 0 fully saturated rings. The summed E-state index contributed by atoms with van der Waals surface area (Å²) >= 11 is 0. The molecule has 11 heavy (non-hydrogen) atoms. The molecule has 0 aromatic rings. The summed E-state index contributed by atoms with van der Waals surface area (Å²) < 4.78 is 0. The van der Waals surface area contributed by atoms with Crippen molar-refractivity contribution in [3.63, 3.8) is 0 Å². The summed E-state index contributed by atoms with van der Waals surface area (Å²) in [4.78, 5) is 0. The van der Waals surface area contributed by atoms with E-state index in [0.29, 0.717) is 0 Å². The van der Waals surface area contributed by atoms with Gasteiger partial charge in [-0.15, -0.1) is 0 Å². The molecule has 0 saturated heterocycles. The second-order valence-electron chi connectivity index (χ2n) is 1.87. The molecule has 0 N–H and O–H groups in total. The molecule has 0 rings (SSSR count). The first-order valence-corrected chi connectivity index (χ1v) is 3.58. The average Bonchev–Trinajstić information content (AvgIpc) is 2.03. The van der Waals surface area contributed by atoms with Gasteiger partial charge in [0, 0.05) is 0 Å². The number of rotatable bonds is 4. The standard InChI is InChI=1S/CH3B10/c1-3-5-7-9-11-10-8-6-4-2/h1H3. The van der Waals surface area contributed by atoms with Gasteiger partial charge in [-0.2, -0.15) is 0 Å². The summed E-state index contributed by atoms with van der Waals surface area (Å²) in [5.41, 5.74) is 0. The van der Waals surface area contributed by atoms with Crippen LogP contribution in [0.1, 0.15) is 0 Å². The Hall–Kier alpha value is 0.649. The quantitative estimate of drug-likeness (QED) is 0.345. The normalized spacial score (nSPS) is 6.55. The van der Waals surface area contributed by atoms with Crippen LogP contribution < -0.4 is 0 Å². The van der Waals surface area contributed by atoms with E-state index in [1.165, 1.54) is 6.69 Å². The molecule has 0 aliphatic rings. The van der Waals surface area contributed by atoms with Gasteiger partial charge in [0.05, 0.1) is 0 Å². The molecule has 0 nitrogen and oxygen atoms in total. The predicted octanol–water partition coefficient (Wildman–Crippen LogP) is -3.22. The van der Waals surface area contributed by atoms with Gasteiger partial charge < -0.3 is 0 Å². The van der Waals surface area contributed by atoms with Crippen LogP contribution in [0.2, 0.25) is 6.82 Å². The van der Waals surface area contributed by atoms with Crippen LogP contribution in [0.5, 0.6) is 0 Å². The summed E-state index contributed by atoms with van der Waals surface area (Å²) in [7, 11) is 5.12. The van der Waals surface area contributed by atoms with Crippen molar-refractivity contribution in [2.45, 2.75) is 6.82 Å². The van der Waals surface area contributed by atoms with Crippen molar-refractivity contribution in [2.24, 2.45) is 0 Å². The van der Waals surface area contributed by atoms with Crippen molar-refractivity contribution in [1.29, 1.82) is 0 Å². The minimum atomic E-state index is 1.50. The zero-order valence-electron chi connectivity index (χ0n) is 6.77. The molecule has 37 valence electrons. The van der Waals surface area contributed by atoms with Crippen molar-refractivity contribution in [3.05, 3.63) is 0 Å². The van der Waals surface area contributed by atoms with E-state index >= 15 is 0 Å². The van der Waals surface area contributed by atoms with Crippen LogP contribution in [0.15, 0.2) is 0 Å². The third kappa shape index (κ3) is 10.6. The van der Waals surface area contributed by atoms with Crippen LogP contribution in [0.25, 0.3) is 0 Å². The monoisotopic (exact) mass is 125 g/mol. The van der Waals surface area contributed by atoms with Crippen molar-refractivity contribution >= 4 is 67.7 Å². The second-order valence-corrected chi connectivity index (χ2v) is 1.87. The van der Waals surface area contributed by atoms with Crippen molar-refractivity contribution in [2.75, 3.05) is 0 Å². The Kier molecular flexibility index (Phi) is 11.3. The Morgan fingerprint density at radius 3 is 1.64 bits per heavy atom. The first-order chi connectivity index (χ1) is 5.41. The third-order valence-electron chi connectivity index (χ3n) is 0.970. The van der Waals surface area contributed by atoms with Crippen molar-refractivity contribution < 1.29 is 0 Å². The van der Waals surface area contributed by atoms with E-state index < -0.39 is 0 Å². The predicted molar refractivity (Wildman–Crippen MR) is 63.4 cm³/mol. The van der Waals surface area contributed by atoms with Crippen LogP contribution in [0.4, 0.5) is 0 Å².